The number of fused-ring (bicyclic) bond motifs is 5. The average molecular weight is 304 g/mol. The number of thiophene rings is 1. The second-order valence-electron chi connectivity index (χ2n) is 7.55. The third-order valence-corrected chi connectivity index (χ3v) is 7.65. The zero-order chi connectivity index (χ0) is 14.4. The van der Waals surface area contributed by atoms with Crippen LogP contribution >= 0.6 is 11.3 Å². The molecule has 0 aromatic carbocycles. The SMILES string of the molecule is CCCNC(Cc1ccc(CC)s1)C1C2C3CCC(C3)C21. The summed E-state index contributed by atoms with van der Waals surface area (Å²) in [6, 6.07) is 5.48. The lowest BCUT2D eigenvalue weighted by molar-refractivity contribution is 0.362. The highest BCUT2D eigenvalue weighted by atomic mass is 32.1. The third-order valence-electron chi connectivity index (χ3n) is 6.40. The summed E-state index contributed by atoms with van der Waals surface area (Å²) < 4.78 is 0. The molecule has 5 unspecified atom stereocenters. The van der Waals surface area contributed by atoms with Crippen LogP contribution in [0, 0.1) is 29.6 Å². The van der Waals surface area contributed by atoms with Crippen molar-refractivity contribution in [3.05, 3.63) is 21.9 Å². The summed E-state index contributed by atoms with van der Waals surface area (Å²) in [5.41, 5.74) is 0. The first-order valence-electron chi connectivity index (χ1n) is 9.12. The van der Waals surface area contributed by atoms with Crippen LogP contribution in [0.2, 0.25) is 0 Å². The van der Waals surface area contributed by atoms with Gasteiger partial charge in [-0.25, -0.2) is 0 Å². The van der Waals surface area contributed by atoms with E-state index in [1.807, 2.05) is 11.3 Å². The predicted molar refractivity (Wildman–Crippen MR) is 90.8 cm³/mol. The lowest BCUT2D eigenvalue weighted by atomic mass is 9.95. The number of nitrogens with one attached hydrogen (secondary N) is 1. The van der Waals surface area contributed by atoms with Crippen molar-refractivity contribution >= 4 is 11.3 Å². The van der Waals surface area contributed by atoms with E-state index in [-0.39, 0.29) is 0 Å². The van der Waals surface area contributed by atoms with Crippen LogP contribution in [0.15, 0.2) is 12.1 Å². The van der Waals surface area contributed by atoms with Gasteiger partial charge >= 0.3 is 0 Å². The van der Waals surface area contributed by atoms with E-state index in [1.54, 1.807) is 29.0 Å². The summed E-state index contributed by atoms with van der Waals surface area (Å²) in [6.45, 7) is 5.76. The van der Waals surface area contributed by atoms with Gasteiger partial charge in [0.15, 0.2) is 0 Å². The number of hydrogen-bond acceptors (Lipinski definition) is 2. The van der Waals surface area contributed by atoms with Gasteiger partial charge in [-0.05, 0) is 86.8 Å². The van der Waals surface area contributed by atoms with E-state index in [0.717, 1.165) is 35.6 Å². The summed E-state index contributed by atoms with van der Waals surface area (Å²) in [4.78, 5) is 3.16. The number of aryl methyl sites for hydroxylation is 1. The minimum absolute atomic E-state index is 0.756. The van der Waals surface area contributed by atoms with Gasteiger partial charge in [-0.2, -0.15) is 0 Å². The van der Waals surface area contributed by atoms with Crippen molar-refractivity contribution in [2.75, 3.05) is 6.54 Å². The van der Waals surface area contributed by atoms with Gasteiger partial charge in [-0.15, -0.1) is 11.3 Å². The molecule has 1 aromatic rings. The van der Waals surface area contributed by atoms with E-state index in [4.69, 9.17) is 0 Å². The Balaban J connectivity index is 1.45. The van der Waals surface area contributed by atoms with E-state index in [9.17, 15) is 0 Å². The van der Waals surface area contributed by atoms with Crippen molar-refractivity contribution in [2.45, 2.75) is 58.4 Å². The largest absolute Gasteiger partial charge is 0.313 e. The number of hydrogen-bond donors (Lipinski definition) is 1. The smallest absolute Gasteiger partial charge is 0.0149 e. The topological polar surface area (TPSA) is 12.0 Å². The van der Waals surface area contributed by atoms with E-state index in [1.165, 1.54) is 25.8 Å². The fourth-order valence-electron chi connectivity index (χ4n) is 5.54. The minimum Gasteiger partial charge on any atom is -0.313 e. The normalized spacial score (nSPS) is 37.7. The molecule has 1 heterocycles. The molecule has 0 spiro atoms. The van der Waals surface area contributed by atoms with Gasteiger partial charge in [0.25, 0.3) is 0 Å². The molecule has 2 bridgehead atoms. The average Bonchev–Trinajstić information content (AvgIpc) is 2.89. The molecule has 0 amide bonds. The van der Waals surface area contributed by atoms with E-state index in [0.29, 0.717) is 0 Å². The van der Waals surface area contributed by atoms with E-state index < -0.39 is 0 Å². The van der Waals surface area contributed by atoms with Crippen LogP contribution in [0.1, 0.15) is 49.3 Å². The van der Waals surface area contributed by atoms with Crippen molar-refractivity contribution in [3.63, 3.8) is 0 Å². The minimum atomic E-state index is 0.756. The first-order chi connectivity index (χ1) is 10.3. The van der Waals surface area contributed by atoms with Gasteiger partial charge in [0.1, 0.15) is 0 Å². The lowest BCUT2D eigenvalue weighted by Crippen LogP contribution is -2.35. The Morgan fingerprint density at radius 1 is 1.14 bits per heavy atom. The van der Waals surface area contributed by atoms with Crippen LogP contribution in [-0.4, -0.2) is 12.6 Å². The zero-order valence-electron chi connectivity index (χ0n) is 13.5. The summed E-state index contributed by atoms with van der Waals surface area (Å²) in [5.74, 6) is 5.42. The van der Waals surface area contributed by atoms with Gasteiger partial charge in [0.05, 0.1) is 0 Å². The first kappa shape index (κ1) is 14.3. The van der Waals surface area contributed by atoms with Crippen LogP contribution in [-0.2, 0) is 12.8 Å². The summed E-state index contributed by atoms with van der Waals surface area (Å²) in [7, 11) is 0. The van der Waals surface area contributed by atoms with Crippen molar-refractivity contribution in [1.29, 1.82) is 0 Å². The second kappa shape index (κ2) is 5.70. The number of rotatable bonds is 7. The second-order valence-corrected chi connectivity index (χ2v) is 8.80. The highest BCUT2D eigenvalue weighted by molar-refractivity contribution is 7.11. The Bertz CT molecular complexity index is 478. The molecular weight excluding hydrogens is 274 g/mol. The highest BCUT2D eigenvalue weighted by Gasteiger charge is 2.66. The van der Waals surface area contributed by atoms with Crippen LogP contribution in [0.25, 0.3) is 0 Å². The monoisotopic (exact) mass is 303 g/mol. The first-order valence-corrected chi connectivity index (χ1v) is 9.94. The Morgan fingerprint density at radius 3 is 2.48 bits per heavy atom. The molecule has 0 saturated heterocycles. The van der Waals surface area contributed by atoms with E-state index in [2.05, 4.69) is 31.3 Å². The Kier molecular flexibility index (Phi) is 3.87. The fraction of sp³-hybridized carbons (Fsp3) is 0.789. The fourth-order valence-corrected chi connectivity index (χ4v) is 6.56. The standard InChI is InChI=1S/C19H29NS/c1-3-9-20-16(11-15-8-7-14(4-2)21-15)19-17-12-5-6-13(10-12)18(17)19/h7-8,12-13,16-20H,3-6,9-11H2,1-2H3. The van der Waals surface area contributed by atoms with E-state index >= 15 is 0 Å². The molecule has 3 aliphatic rings. The molecule has 3 saturated carbocycles. The van der Waals surface area contributed by atoms with Gasteiger partial charge < -0.3 is 5.32 Å². The van der Waals surface area contributed by atoms with Crippen molar-refractivity contribution in [1.82, 2.24) is 5.32 Å². The van der Waals surface area contributed by atoms with Crippen molar-refractivity contribution in [3.8, 4) is 0 Å². The molecule has 3 fully saturated rings. The highest BCUT2D eigenvalue weighted by Crippen LogP contribution is 2.70. The summed E-state index contributed by atoms with van der Waals surface area (Å²) in [5, 5.41) is 3.91. The molecule has 4 rings (SSSR count). The van der Waals surface area contributed by atoms with Gasteiger partial charge in [0.2, 0.25) is 0 Å². The van der Waals surface area contributed by atoms with Crippen molar-refractivity contribution < 1.29 is 0 Å². The van der Waals surface area contributed by atoms with Crippen LogP contribution in [0.5, 0.6) is 0 Å². The molecule has 5 atom stereocenters. The van der Waals surface area contributed by atoms with Gasteiger partial charge in [-0.3, -0.25) is 0 Å². The van der Waals surface area contributed by atoms with Crippen LogP contribution < -0.4 is 5.32 Å². The zero-order valence-corrected chi connectivity index (χ0v) is 14.3. The molecule has 0 aliphatic heterocycles. The maximum absolute atomic E-state index is 3.91. The molecule has 1 N–H and O–H groups in total. The molecule has 0 radical (unpaired) electrons. The van der Waals surface area contributed by atoms with Crippen LogP contribution in [0.4, 0.5) is 0 Å². The Hall–Kier alpha value is -0.340. The Labute approximate surface area is 133 Å². The Morgan fingerprint density at radius 2 is 1.86 bits per heavy atom. The summed E-state index contributed by atoms with van der Waals surface area (Å²) >= 11 is 2.05. The molecule has 1 nitrogen and oxygen atoms in total. The quantitative estimate of drug-likeness (QED) is 0.781. The van der Waals surface area contributed by atoms with Crippen molar-refractivity contribution in [2.24, 2.45) is 29.6 Å². The maximum Gasteiger partial charge on any atom is 0.0149 e. The van der Waals surface area contributed by atoms with Gasteiger partial charge in [-0.1, -0.05) is 13.8 Å². The third kappa shape index (κ3) is 2.49. The molecule has 116 valence electrons. The van der Waals surface area contributed by atoms with Crippen LogP contribution in [0.3, 0.4) is 0 Å². The lowest BCUT2D eigenvalue weighted by Gasteiger charge is -2.21. The maximum atomic E-state index is 3.91. The molecule has 21 heavy (non-hydrogen) atoms. The molecule has 1 aromatic heterocycles. The molecular formula is C19H29NS. The summed E-state index contributed by atoms with van der Waals surface area (Å²) in [6.07, 6.45) is 8.39. The van der Waals surface area contributed by atoms with Gasteiger partial charge in [0, 0.05) is 15.8 Å². The molecule has 3 aliphatic carbocycles. The predicted octanol–water partition coefficient (Wildman–Crippen LogP) is 4.51. The molecule has 2 heteroatoms.